The van der Waals surface area contributed by atoms with E-state index in [0.29, 0.717) is 17.9 Å². The Kier molecular flexibility index (Phi) is 6.53. The van der Waals surface area contributed by atoms with Gasteiger partial charge < -0.3 is 14.7 Å². The maximum absolute atomic E-state index is 12.2. The molecule has 0 atom stereocenters. The summed E-state index contributed by atoms with van der Waals surface area (Å²) in [5.74, 6) is 5.86. The number of nitrogens with zero attached hydrogens (tertiary/aromatic N) is 1. The van der Waals surface area contributed by atoms with Gasteiger partial charge in [-0.05, 0) is 24.7 Å². The lowest BCUT2D eigenvalue weighted by molar-refractivity contribution is -0.137. The first-order chi connectivity index (χ1) is 9.85. The first kappa shape index (κ1) is 17.3. The van der Waals surface area contributed by atoms with E-state index in [2.05, 4.69) is 11.8 Å². The van der Waals surface area contributed by atoms with Gasteiger partial charge in [-0.2, -0.15) is 13.2 Å². The molecule has 0 aliphatic heterocycles. The number of ether oxygens (including phenoxy) is 1. The number of rotatable bonds is 5. The molecule has 3 nitrogen and oxygen atoms in total. The van der Waals surface area contributed by atoms with Crippen molar-refractivity contribution in [1.82, 2.24) is 4.90 Å². The van der Waals surface area contributed by atoms with Gasteiger partial charge in [0.2, 0.25) is 0 Å². The molecule has 0 aliphatic carbocycles. The van der Waals surface area contributed by atoms with Crippen LogP contribution in [0.15, 0.2) is 18.2 Å². The number of methoxy groups -OCH3 is 1. The Labute approximate surface area is 122 Å². The highest BCUT2D eigenvalue weighted by molar-refractivity contribution is 5.48. The van der Waals surface area contributed by atoms with Gasteiger partial charge in [0, 0.05) is 13.1 Å². The number of aliphatic hydroxyl groups excluding tert-OH is 1. The topological polar surface area (TPSA) is 32.7 Å². The molecule has 0 amide bonds. The molecule has 0 saturated carbocycles. The summed E-state index contributed by atoms with van der Waals surface area (Å²) in [6.45, 7) is 0.0555. The Morgan fingerprint density at radius 2 is 2.05 bits per heavy atom. The number of halogens is 3. The standard InChI is InChI=1S/C15H18F3NO2/c1-19(8-7-15(16,17)18)11-12-5-6-14(21-2)13(10-12)4-3-9-20/h5-6,10,20H,7-9,11H2,1-2H3. The third-order valence-electron chi connectivity index (χ3n) is 2.80. The first-order valence-electron chi connectivity index (χ1n) is 6.37. The van der Waals surface area contributed by atoms with Gasteiger partial charge in [-0.3, -0.25) is 0 Å². The van der Waals surface area contributed by atoms with Gasteiger partial charge in [-0.25, -0.2) is 0 Å². The van der Waals surface area contributed by atoms with Crippen LogP contribution in [-0.4, -0.2) is 43.5 Å². The summed E-state index contributed by atoms with van der Waals surface area (Å²) < 4.78 is 41.7. The van der Waals surface area contributed by atoms with Gasteiger partial charge in [0.1, 0.15) is 12.4 Å². The minimum absolute atomic E-state index is 0.0623. The normalized spacial score (nSPS) is 11.2. The first-order valence-corrected chi connectivity index (χ1v) is 6.37. The predicted octanol–water partition coefficient (Wildman–Crippen LogP) is 2.42. The molecule has 0 aliphatic rings. The number of aliphatic hydroxyl groups is 1. The molecule has 21 heavy (non-hydrogen) atoms. The number of benzene rings is 1. The molecule has 0 radical (unpaired) electrons. The number of alkyl halides is 3. The van der Waals surface area contributed by atoms with Crippen LogP contribution in [0.5, 0.6) is 5.75 Å². The Morgan fingerprint density at radius 3 is 2.62 bits per heavy atom. The highest BCUT2D eigenvalue weighted by Gasteiger charge is 2.27. The molecule has 1 N–H and O–H groups in total. The maximum atomic E-state index is 12.2. The second-order valence-electron chi connectivity index (χ2n) is 4.60. The number of hydrogen-bond acceptors (Lipinski definition) is 3. The molecular weight excluding hydrogens is 283 g/mol. The van der Waals surface area contributed by atoms with Crippen molar-refractivity contribution >= 4 is 0 Å². The molecule has 1 rings (SSSR count). The Bertz CT molecular complexity index is 518. The zero-order chi connectivity index (χ0) is 15.9. The fourth-order valence-corrected chi connectivity index (χ4v) is 1.79. The molecule has 0 aromatic heterocycles. The lowest BCUT2D eigenvalue weighted by atomic mass is 10.1. The third-order valence-corrected chi connectivity index (χ3v) is 2.80. The molecule has 0 saturated heterocycles. The zero-order valence-corrected chi connectivity index (χ0v) is 12.0. The van der Waals surface area contributed by atoms with Gasteiger partial charge in [0.25, 0.3) is 0 Å². The van der Waals surface area contributed by atoms with Crippen LogP contribution in [0.3, 0.4) is 0 Å². The van der Waals surface area contributed by atoms with E-state index in [1.807, 2.05) is 0 Å². The Balaban J connectivity index is 2.75. The highest BCUT2D eigenvalue weighted by atomic mass is 19.4. The highest BCUT2D eigenvalue weighted by Crippen LogP contribution is 2.22. The van der Waals surface area contributed by atoms with Gasteiger partial charge >= 0.3 is 6.18 Å². The summed E-state index contributed by atoms with van der Waals surface area (Å²) in [7, 11) is 3.14. The predicted molar refractivity (Wildman–Crippen MR) is 74.0 cm³/mol. The molecule has 0 unspecified atom stereocenters. The maximum Gasteiger partial charge on any atom is 0.390 e. The smallest absolute Gasteiger partial charge is 0.390 e. The van der Waals surface area contributed by atoms with Crippen molar-refractivity contribution in [2.45, 2.75) is 19.1 Å². The van der Waals surface area contributed by atoms with Crippen molar-refractivity contribution in [3.05, 3.63) is 29.3 Å². The largest absolute Gasteiger partial charge is 0.495 e. The molecule has 6 heteroatoms. The van der Waals surface area contributed by atoms with Crippen molar-refractivity contribution in [2.24, 2.45) is 0 Å². The van der Waals surface area contributed by atoms with Crippen LogP contribution in [0.2, 0.25) is 0 Å². The lowest BCUT2D eigenvalue weighted by Gasteiger charge is -2.18. The molecule has 1 aromatic rings. The van der Waals surface area contributed by atoms with Crippen LogP contribution in [0.25, 0.3) is 0 Å². The van der Waals surface area contributed by atoms with E-state index in [4.69, 9.17) is 9.84 Å². The van der Waals surface area contributed by atoms with Gasteiger partial charge in [-0.1, -0.05) is 17.9 Å². The van der Waals surface area contributed by atoms with E-state index >= 15 is 0 Å². The van der Waals surface area contributed by atoms with E-state index in [-0.39, 0.29) is 13.2 Å². The second-order valence-corrected chi connectivity index (χ2v) is 4.60. The Hall–Kier alpha value is -1.71. The van der Waals surface area contributed by atoms with Gasteiger partial charge in [-0.15, -0.1) is 0 Å². The quantitative estimate of drug-likeness (QED) is 0.848. The second kappa shape index (κ2) is 7.91. The van der Waals surface area contributed by atoms with Crippen molar-refractivity contribution in [3.8, 4) is 17.6 Å². The molecule has 0 fully saturated rings. The summed E-state index contributed by atoms with van der Waals surface area (Å²) >= 11 is 0. The molecule has 0 spiro atoms. The SMILES string of the molecule is COc1ccc(CN(C)CCC(F)(F)F)cc1C#CCO. The zero-order valence-electron chi connectivity index (χ0n) is 12.0. The van der Waals surface area contributed by atoms with E-state index in [1.54, 1.807) is 30.1 Å². The van der Waals surface area contributed by atoms with Crippen molar-refractivity contribution < 1.29 is 23.0 Å². The van der Waals surface area contributed by atoms with Gasteiger partial charge in [0.15, 0.2) is 0 Å². The lowest BCUT2D eigenvalue weighted by Crippen LogP contribution is -2.24. The molecule has 1 aromatic carbocycles. The fraction of sp³-hybridized carbons (Fsp3) is 0.467. The Morgan fingerprint density at radius 1 is 1.33 bits per heavy atom. The van der Waals surface area contributed by atoms with Crippen LogP contribution < -0.4 is 4.74 Å². The van der Waals surface area contributed by atoms with E-state index in [0.717, 1.165) is 5.56 Å². The molecule has 0 heterocycles. The fourth-order valence-electron chi connectivity index (χ4n) is 1.79. The van der Waals surface area contributed by atoms with Crippen LogP contribution >= 0.6 is 0 Å². The summed E-state index contributed by atoms with van der Waals surface area (Å²) in [6.07, 6.45) is -4.98. The molecular formula is C15H18F3NO2. The molecule has 116 valence electrons. The van der Waals surface area contributed by atoms with Crippen LogP contribution in [0.1, 0.15) is 17.5 Å². The van der Waals surface area contributed by atoms with Crippen LogP contribution in [-0.2, 0) is 6.54 Å². The average molecular weight is 301 g/mol. The van der Waals surface area contributed by atoms with Crippen LogP contribution in [0.4, 0.5) is 13.2 Å². The van der Waals surface area contributed by atoms with Gasteiger partial charge in [0.05, 0.1) is 19.1 Å². The minimum Gasteiger partial charge on any atom is -0.495 e. The van der Waals surface area contributed by atoms with Crippen molar-refractivity contribution in [2.75, 3.05) is 27.3 Å². The number of hydrogen-bond donors (Lipinski definition) is 1. The van der Waals surface area contributed by atoms with Crippen LogP contribution in [0, 0.1) is 11.8 Å². The summed E-state index contributed by atoms with van der Waals surface area (Å²) in [5, 5.41) is 8.72. The average Bonchev–Trinajstić information content (AvgIpc) is 2.42. The van der Waals surface area contributed by atoms with E-state index in [1.165, 1.54) is 7.11 Å². The van der Waals surface area contributed by atoms with Crippen molar-refractivity contribution in [1.29, 1.82) is 0 Å². The minimum atomic E-state index is -4.15. The molecule has 0 bridgehead atoms. The monoisotopic (exact) mass is 301 g/mol. The van der Waals surface area contributed by atoms with E-state index < -0.39 is 12.6 Å². The van der Waals surface area contributed by atoms with E-state index in [9.17, 15) is 13.2 Å². The summed E-state index contributed by atoms with van der Waals surface area (Å²) in [4.78, 5) is 1.60. The third kappa shape index (κ3) is 6.52. The van der Waals surface area contributed by atoms with Crippen molar-refractivity contribution in [3.63, 3.8) is 0 Å². The summed E-state index contributed by atoms with van der Waals surface area (Å²) in [5.41, 5.74) is 1.44. The summed E-state index contributed by atoms with van der Waals surface area (Å²) in [6, 6.07) is 5.26.